The summed E-state index contributed by atoms with van der Waals surface area (Å²) < 4.78 is 12.3. The molecule has 0 spiro atoms. The predicted molar refractivity (Wildman–Crippen MR) is 124 cm³/mol. The second-order valence-corrected chi connectivity index (χ2v) is 7.28. The van der Waals surface area contributed by atoms with Gasteiger partial charge in [0.25, 0.3) is 11.8 Å². The molecule has 168 valence electrons. The van der Waals surface area contributed by atoms with E-state index < -0.39 is 11.8 Å². The van der Waals surface area contributed by atoms with Crippen molar-refractivity contribution in [3.05, 3.63) is 96.5 Å². The van der Waals surface area contributed by atoms with Crippen molar-refractivity contribution in [2.45, 2.75) is 0 Å². The van der Waals surface area contributed by atoms with E-state index >= 15 is 0 Å². The monoisotopic (exact) mass is 453 g/mol. The van der Waals surface area contributed by atoms with E-state index in [-0.39, 0.29) is 11.4 Å². The molecule has 9 nitrogen and oxygen atoms in total. The largest absolute Gasteiger partial charge is 0.493 e. The fourth-order valence-electron chi connectivity index (χ4n) is 3.53. The third-order valence-corrected chi connectivity index (χ3v) is 5.16. The first-order chi connectivity index (χ1) is 16.6. The van der Waals surface area contributed by atoms with Gasteiger partial charge in [-0.1, -0.05) is 36.4 Å². The molecule has 0 aliphatic rings. The summed E-state index contributed by atoms with van der Waals surface area (Å²) in [5, 5.41) is 4.94. The van der Waals surface area contributed by atoms with Crippen LogP contribution in [0.15, 0.2) is 89.7 Å². The van der Waals surface area contributed by atoms with Crippen LogP contribution in [0.3, 0.4) is 0 Å². The summed E-state index contributed by atoms with van der Waals surface area (Å²) in [6.45, 7) is 0. The highest BCUT2D eigenvalue weighted by molar-refractivity contribution is 6.08. The van der Waals surface area contributed by atoms with Crippen LogP contribution in [0, 0.1) is 0 Å². The molecule has 0 fully saturated rings. The number of pyridine rings is 1. The number of amides is 2. The summed E-state index contributed by atoms with van der Waals surface area (Å²) in [6, 6.07) is 21.7. The molecule has 0 unspecified atom stereocenters. The van der Waals surface area contributed by atoms with Crippen LogP contribution >= 0.6 is 0 Å². The highest BCUT2D eigenvalue weighted by Crippen LogP contribution is 2.25. The van der Waals surface area contributed by atoms with E-state index in [1.54, 1.807) is 36.5 Å². The Morgan fingerprint density at radius 2 is 1.71 bits per heavy atom. The molecule has 3 aromatic heterocycles. The minimum absolute atomic E-state index is 0.0301. The molecule has 2 aromatic carbocycles. The molecule has 0 saturated heterocycles. The minimum atomic E-state index is -0.621. The number of nitrogens with one attached hydrogen (secondary N) is 2. The zero-order valence-corrected chi connectivity index (χ0v) is 18.1. The maximum absolute atomic E-state index is 13.1. The average molecular weight is 453 g/mol. The molecule has 5 rings (SSSR count). The summed E-state index contributed by atoms with van der Waals surface area (Å²) in [5.41, 5.74) is 7.13. The molecule has 0 aliphatic heterocycles. The molecule has 5 aromatic rings. The summed E-state index contributed by atoms with van der Waals surface area (Å²) in [7, 11) is 1.45. The number of hydrogen-bond donors (Lipinski definition) is 2. The van der Waals surface area contributed by atoms with Gasteiger partial charge >= 0.3 is 0 Å². The number of rotatable bonds is 5. The van der Waals surface area contributed by atoms with Crippen LogP contribution in [-0.2, 0) is 0 Å². The van der Waals surface area contributed by atoms with Gasteiger partial charge in [-0.15, -0.1) is 0 Å². The van der Waals surface area contributed by atoms with Gasteiger partial charge in [0.2, 0.25) is 0 Å². The SMILES string of the molecule is COc1cn(-c2ccccc2)nc1C(=O)NNC(=O)c1cc(-c2ccco2)nc2ccccc12. The van der Waals surface area contributed by atoms with E-state index in [4.69, 9.17) is 9.15 Å². The first kappa shape index (κ1) is 21.0. The van der Waals surface area contributed by atoms with Crippen LogP contribution in [-0.4, -0.2) is 33.7 Å². The molecule has 2 N–H and O–H groups in total. The Hall–Kier alpha value is -4.92. The Labute approximate surface area is 194 Å². The Balaban J connectivity index is 1.40. The zero-order chi connectivity index (χ0) is 23.5. The highest BCUT2D eigenvalue weighted by atomic mass is 16.5. The number of ether oxygens (including phenoxy) is 1. The summed E-state index contributed by atoms with van der Waals surface area (Å²) in [4.78, 5) is 30.4. The molecule has 0 radical (unpaired) electrons. The normalized spacial score (nSPS) is 10.7. The topological polar surface area (TPSA) is 111 Å². The van der Waals surface area contributed by atoms with Gasteiger partial charge in [0, 0.05) is 5.39 Å². The summed E-state index contributed by atoms with van der Waals surface area (Å²) >= 11 is 0. The van der Waals surface area contributed by atoms with Gasteiger partial charge in [-0.3, -0.25) is 20.4 Å². The minimum Gasteiger partial charge on any atom is -0.493 e. The Morgan fingerprint density at radius 3 is 2.47 bits per heavy atom. The molecule has 3 heterocycles. The van der Waals surface area contributed by atoms with Gasteiger partial charge in [-0.2, -0.15) is 5.10 Å². The van der Waals surface area contributed by atoms with Crippen LogP contribution in [0.4, 0.5) is 0 Å². The third kappa shape index (κ3) is 3.97. The Kier molecular flexibility index (Phi) is 5.49. The lowest BCUT2D eigenvalue weighted by atomic mass is 10.1. The molecule has 0 aliphatic carbocycles. The summed E-state index contributed by atoms with van der Waals surface area (Å²) in [6.07, 6.45) is 3.13. The lowest BCUT2D eigenvalue weighted by Gasteiger charge is -2.10. The smallest absolute Gasteiger partial charge is 0.294 e. The van der Waals surface area contributed by atoms with Crippen LogP contribution < -0.4 is 15.6 Å². The number of hydrazine groups is 1. The molecule has 0 atom stereocenters. The van der Waals surface area contributed by atoms with Crippen LogP contribution in [0.25, 0.3) is 28.0 Å². The number of hydrogen-bond acceptors (Lipinski definition) is 6. The quantitative estimate of drug-likeness (QED) is 0.392. The second-order valence-electron chi connectivity index (χ2n) is 7.28. The van der Waals surface area contributed by atoms with E-state index in [1.165, 1.54) is 18.1 Å². The average Bonchev–Trinajstić information content (AvgIpc) is 3.57. The number of carbonyl (C=O) groups is 2. The number of methoxy groups -OCH3 is 1. The van der Waals surface area contributed by atoms with Crippen molar-refractivity contribution in [3.8, 4) is 22.9 Å². The molecule has 0 saturated carbocycles. The van der Waals surface area contributed by atoms with Crippen molar-refractivity contribution in [1.82, 2.24) is 25.6 Å². The molecule has 2 amide bonds. The number of fused-ring (bicyclic) bond motifs is 1. The van der Waals surface area contributed by atoms with Gasteiger partial charge in [-0.05, 0) is 36.4 Å². The van der Waals surface area contributed by atoms with Crippen LogP contribution in [0.5, 0.6) is 5.75 Å². The van der Waals surface area contributed by atoms with E-state index in [1.807, 2.05) is 42.5 Å². The third-order valence-electron chi connectivity index (χ3n) is 5.16. The van der Waals surface area contributed by atoms with Gasteiger partial charge in [0.15, 0.2) is 17.2 Å². The van der Waals surface area contributed by atoms with Crippen molar-refractivity contribution in [2.75, 3.05) is 7.11 Å². The molecular weight excluding hydrogens is 434 g/mol. The first-order valence-electron chi connectivity index (χ1n) is 10.4. The van der Waals surface area contributed by atoms with Crippen LogP contribution in [0.1, 0.15) is 20.8 Å². The molecule has 0 bridgehead atoms. The van der Waals surface area contributed by atoms with Crippen molar-refractivity contribution in [1.29, 1.82) is 0 Å². The van der Waals surface area contributed by atoms with E-state index in [0.29, 0.717) is 27.9 Å². The fourth-order valence-corrected chi connectivity index (χ4v) is 3.53. The number of nitrogens with zero attached hydrogens (tertiary/aromatic N) is 3. The van der Waals surface area contributed by atoms with Crippen molar-refractivity contribution >= 4 is 22.7 Å². The van der Waals surface area contributed by atoms with Crippen molar-refractivity contribution < 1.29 is 18.7 Å². The maximum atomic E-state index is 13.1. The number of carbonyl (C=O) groups excluding carboxylic acids is 2. The molecule has 9 heteroatoms. The highest BCUT2D eigenvalue weighted by Gasteiger charge is 2.20. The number of para-hydroxylation sites is 2. The van der Waals surface area contributed by atoms with E-state index in [2.05, 4.69) is 20.9 Å². The van der Waals surface area contributed by atoms with E-state index in [0.717, 1.165) is 5.69 Å². The van der Waals surface area contributed by atoms with E-state index in [9.17, 15) is 9.59 Å². The number of benzene rings is 2. The Morgan fingerprint density at radius 1 is 0.941 bits per heavy atom. The predicted octanol–water partition coefficient (Wildman–Crippen LogP) is 3.76. The van der Waals surface area contributed by atoms with Gasteiger partial charge in [0.05, 0.1) is 36.3 Å². The molecular formula is C25H19N5O4. The van der Waals surface area contributed by atoms with Crippen molar-refractivity contribution in [2.24, 2.45) is 0 Å². The fraction of sp³-hybridized carbons (Fsp3) is 0.0400. The Bertz CT molecular complexity index is 1480. The zero-order valence-electron chi connectivity index (χ0n) is 18.1. The number of aromatic nitrogens is 3. The van der Waals surface area contributed by atoms with Crippen molar-refractivity contribution in [3.63, 3.8) is 0 Å². The first-order valence-corrected chi connectivity index (χ1v) is 10.4. The van der Waals surface area contributed by atoms with Gasteiger partial charge < -0.3 is 9.15 Å². The van der Waals surface area contributed by atoms with Crippen LogP contribution in [0.2, 0.25) is 0 Å². The molecule has 34 heavy (non-hydrogen) atoms. The summed E-state index contributed by atoms with van der Waals surface area (Å²) in [5.74, 6) is -0.337. The lowest BCUT2D eigenvalue weighted by Crippen LogP contribution is -2.42. The standard InChI is InChI=1S/C25H19N5O4/c1-33-22-15-30(16-8-3-2-4-9-16)29-23(22)25(32)28-27-24(31)18-14-20(21-12-7-13-34-21)26-19-11-6-5-10-17(18)19/h2-15H,1H3,(H,27,31)(H,28,32). The maximum Gasteiger partial charge on any atom is 0.294 e. The van der Waals surface area contributed by atoms with Gasteiger partial charge in [0.1, 0.15) is 5.69 Å². The second kappa shape index (κ2) is 8.91. The van der Waals surface area contributed by atoms with Gasteiger partial charge in [-0.25, -0.2) is 9.67 Å². The number of furan rings is 1. The lowest BCUT2D eigenvalue weighted by molar-refractivity contribution is 0.0843.